The van der Waals surface area contributed by atoms with Crippen LogP contribution in [-0.4, -0.2) is 34.7 Å². The topological polar surface area (TPSA) is 84.3 Å². The van der Waals surface area contributed by atoms with Gasteiger partial charge in [-0.2, -0.15) is 0 Å². The second-order valence-electron chi connectivity index (χ2n) is 6.41. The molecule has 0 amide bonds. The van der Waals surface area contributed by atoms with Gasteiger partial charge in [-0.3, -0.25) is 4.79 Å². The van der Waals surface area contributed by atoms with Crippen LogP contribution in [0.3, 0.4) is 0 Å². The number of aliphatic carboxylic acids is 1. The minimum atomic E-state index is -0.760. The van der Waals surface area contributed by atoms with Gasteiger partial charge in [-0.25, -0.2) is 9.97 Å². The first-order chi connectivity index (χ1) is 12.0. The molecule has 1 atom stereocenters. The Kier molecular flexibility index (Phi) is 6.89. The molecule has 0 aliphatic heterocycles. The summed E-state index contributed by atoms with van der Waals surface area (Å²) in [7, 11) is 1.62. The van der Waals surface area contributed by atoms with E-state index in [1.165, 1.54) is 0 Å². The van der Waals surface area contributed by atoms with Crippen molar-refractivity contribution in [2.45, 2.75) is 26.8 Å². The zero-order valence-electron chi connectivity index (χ0n) is 14.9. The summed E-state index contributed by atoms with van der Waals surface area (Å²) < 4.78 is 5.33. The van der Waals surface area contributed by atoms with Crippen LogP contribution < -0.4 is 10.1 Å². The van der Waals surface area contributed by atoms with Gasteiger partial charge >= 0.3 is 5.97 Å². The quantitative estimate of drug-likeness (QED) is 0.728. The maximum absolute atomic E-state index is 11.3. The molecule has 0 aliphatic carbocycles. The van der Waals surface area contributed by atoms with Gasteiger partial charge in [0.2, 0.25) is 0 Å². The molecule has 2 aromatic rings. The highest BCUT2D eigenvalue weighted by Gasteiger charge is 2.18. The summed E-state index contributed by atoms with van der Waals surface area (Å²) in [6.45, 7) is 5.02. The highest BCUT2D eigenvalue weighted by Crippen LogP contribution is 2.26. The first kappa shape index (κ1) is 18.9. The molecule has 0 radical (unpaired) electrons. The van der Waals surface area contributed by atoms with E-state index >= 15 is 0 Å². The summed E-state index contributed by atoms with van der Waals surface area (Å²) in [5, 5.41) is 12.4. The lowest BCUT2D eigenvalue weighted by atomic mass is 9.97. The number of carboxylic acid groups (broad SMARTS) is 1. The smallest absolute Gasteiger partial charge is 0.307 e. The number of carboxylic acids is 1. The van der Waals surface area contributed by atoms with E-state index in [1.807, 2.05) is 38.1 Å². The average molecular weight is 343 g/mol. The second-order valence-corrected chi connectivity index (χ2v) is 6.41. The molecule has 0 aliphatic rings. The minimum absolute atomic E-state index is 0.353. The van der Waals surface area contributed by atoms with Crippen LogP contribution in [-0.2, 0) is 11.3 Å². The van der Waals surface area contributed by atoms with Gasteiger partial charge in [-0.15, -0.1) is 0 Å². The van der Waals surface area contributed by atoms with Gasteiger partial charge in [-0.1, -0.05) is 26.0 Å². The highest BCUT2D eigenvalue weighted by atomic mass is 16.5. The van der Waals surface area contributed by atoms with Gasteiger partial charge in [0.1, 0.15) is 5.75 Å². The number of nitrogens with zero attached hydrogens (tertiary/aromatic N) is 2. The van der Waals surface area contributed by atoms with Crippen molar-refractivity contribution in [2.75, 3.05) is 13.7 Å². The van der Waals surface area contributed by atoms with Crippen molar-refractivity contribution in [3.05, 3.63) is 42.2 Å². The predicted octanol–water partition coefficient (Wildman–Crippen LogP) is 2.99. The third-order valence-corrected chi connectivity index (χ3v) is 3.88. The van der Waals surface area contributed by atoms with Crippen molar-refractivity contribution < 1.29 is 14.6 Å². The van der Waals surface area contributed by atoms with E-state index < -0.39 is 5.97 Å². The van der Waals surface area contributed by atoms with E-state index in [-0.39, 0.29) is 5.92 Å². The number of rotatable bonds is 9. The highest BCUT2D eigenvalue weighted by molar-refractivity contribution is 5.70. The third-order valence-electron chi connectivity index (χ3n) is 3.88. The first-order valence-electron chi connectivity index (χ1n) is 8.39. The fourth-order valence-electron chi connectivity index (χ4n) is 2.65. The number of para-hydroxylation sites is 1. The van der Waals surface area contributed by atoms with E-state index in [4.69, 9.17) is 4.74 Å². The van der Waals surface area contributed by atoms with Crippen LogP contribution in [0.15, 0.2) is 36.7 Å². The molecule has 1 aromatic heterocycles. The molecule has 2 N–H and O–H groups in total. The second kappa shape index (κ2) is 9.13. The average Bonchev–Trinajstić information content (AvgIpc) is 2.61. The Balaban J connectivity index is 1.95. The summed E-state index contributed by atoms with van der Waals surface area (Å²) in [6, 6.07) is 7.60. The van der Waals surface area contributed by atoms with E-state index in [0.717, 1.165) is 16.9 Å². The lowest BCUT2D eigenvalue weighted by Gasteiger charge is -2.15. The summed E-state index contributed by atoms with van der Waals surface area (Å²) in [5.74, 6) is 0.542. The van der Waals surface area contributed by atoms with Gasteiger partial charge in [-0.05, 0) is 24.5 Å². The molecule has 2 rings (SSSR count). The van der Waals surface area contributed by atoms with Crippen molar-refractivity contribution in [3.8, 4) is 17.1 Å². The largest absolute Gasteiger partial charge is 0.496 e. The molecule has 0 spiro atoms. The Bertz CT molecular complexity index is 687. The van der Waals surface area contributed by atoms with Crippen molar-refractivity contribution >= 4 is 5.97 Å². The van der Waals surface area contributed by atoms with Gasteiger partial charge in [0.05, 0.1) is 18.6 Å². The fraction of sp³-hybridized carbons (Fsp3) is 0.421. The third kappa shape index (κ3) is 5.53. The lowest BCUT2D eigenvalue weighted by Crippen LogP contribution is -2.29. The first-order valence-corrected chi connectivity index (χ1v) is 8.39. The van der Waals surface area contributed by atoms with E-state index in [9.17, 15) is 9.90 Å². The van der Waals surface area contributed by atoms with Crippen LogP contribution in [0.2, 0.25) is 0 Å². The number of hydrogen-bond acceptors (Lipinski definition) is 5. The number of benzene rings is 1. The molecular weight excluding hydrogens is 318 g/mol. The van der Waals surface area contributed by atoms with Crippen molar-refractivity contribution in [3.63, 3.8) is 0 Å². The van der Waals surface area contributed by atoms with Crippen LogP contribution in [0.1, 0.15) is 25.8 Å². The maximum Gasteiger partial charge on any atom is 0.307 e. The normalized spacial score (nSPS) is 12.2. The van der Waals surface area contributed by atoms with Gasteiger partial charge in [0.25, 0.3) is 0 Å². The molecule has 25 heavy (non-hydrogen) atoms. The molecule has 0 saturated heterocycles. The molecule has 0 fully saturated rings. The fourth-order valence-corrected chi connectivity index (χ4v) is 2.65. The summed E-state index contributed by atoms with van der Waals surface area (Å²) in [4.78, 5) is 20.0. The Morgan fingerprint density at radius 3 is 2.52 bits per heavy atom. The van der Waals surface area contributed by atoms with Crippen LogP contribution in [0.25, 0.3) is 11.4 Å². The van der Waals surface area contributed by atoms with Crippen LogP contribution in [0.4, 0.5) is 0 Å². The number of nitrogens with one attached hydrogen (secondary N) is 1. The van der Waals surface area contributed by atoms with E-state index in [2.05, 4.69) is 15.3 Å². The number of carbonyl (C=O) groups is 1. The van der Waals surface area contributed by atoms with Crippen molar-refractivity contribution in [1.82, 2.24) is 15.3 Å². The van der Waals surface area contributed by atoms with Gasteiger partial charge in [0, 0.05) is 31.0 Å². The van der Waals surface area contributed by atoms with Gasteiger partial charge < -0.3 is 15.2 Å². The van der Waals surface area contributed by atoms with Crippen LogP contribution in [0.5, 0.6) is 5.75 Å². The Hall–Kier alpha value is -2.47. The van der Waals surface area contributed by atoms with Crippen molar-refractivity contribution in [1.29, 1.82) is 0 Å². The number of aromatic nitrogens is 2. The molecule has 1 unspecified atom stereocenters. The Labute approximate surface area is 148 Å². The molecular formula is C19H25N3O3. The maximum atomic E-state index is 11.3. The summed E-state index contributed by atoms with van der Waals surface area (Å²) in [5.41, 5.74) is 1.75. The predicted molar refractivity (Wildman–Crippen MR) is 96.3 cm³/mol. The minimum Gasteiger partial charge on any atom is -0.496 e. The molecule has 0 bridgehead atoms. The zero-order chi connectivity index (χ0) is 18.2. The molecule has 6 heteroatoms. The number of ether oxygens (including phenoxy) is 1. The van der Waals surface area contributed by atoms with Crippen LogP contribution in [0, 0.1) is 11.8 Å². The standard InChI is InChI=1S/C19H25N3O3/c1-13(2)8-15(19(23)24)12-20-9-14-10-21-18(22-11-14)16-6-4-5-7-17(16)25-3/h4-7,10-11,13,15,20H,8-9,12H2,1-3H3,(H,23,24). The van der Waals surface area contributed by atoms with Crippen molar-refractivity contribution in [2.24, 2.45) is 11.8 Å². The molecule has 1 aromatic carbocycles. The number of hydrogen-bond donors (Lipinski definition) is 2. The zero-order valence-corrected chi connectivity index (χ0v) is 14.9. The van der Waals surface area contributed by atoms with Gasteiger partial charge in [0.15, 0.2) is 5.82 Å². The Morgan fingerprint density at radius 1 is 1.24 bits per heavy atom. The monoisotopic (exact) mass is 343 g/mol. The molecule has 134 valence electrons. The van der Waals surface area contributed by atoms with E-state index in [1.54, 1.807) is 19.5 Å². The molecule has 0 saturated carbocycles. The molecule has 1 heterocycles. The van der Waals surface area contributed by atoms with Crippen LogP contribution >= 0.6 is 0 Å². The lowest BCUT2D eigenvalue weighted by molar-refractivity contribution is -0.142. The summed E-state index contributed by atoms with van der Waals surface area (Å²) in [6.07, 6.45) is 4.16. The molecule has 6 nitrogen and oxygen atoms in total. The SMILES string of the molecule is COc1ccccc1-c1ncc(CNCC(CC(C)C)C(=O)O)cn1. The number of methoxy groups -OCH3 is 1. The van der Waals surface area contributed by atoms with E-state index in [0.29, 0.717) is 31.3 Å². The summed E-state index contributed by atoms with van der Waals surface area (Å²) >= 11 is 0. The Morgan fingerprint density at radius 2 is 1.92 bits per heavy atom.